The summed E-state index contributed by atoms with van der Waals surface area (Å²) in [5, 5.41) is 3.66. The number of ether oxygens (including phenoxy) is 1. The van der Waals surface area contributed by atoms with Gasteiger partial charge in [0.25, 0.3) is 0 Å². The van der Waals surface area contributed by atoms with E-state index >= 15 is 0 Å². The molecule has 1 aliphatic carbocycles. The first kappa shape index (κ1) is 18.0. The van der Waals surface area contributed by atoms with Gasteiger partial charge in [-0.2, -0.15) is 0 Å². The molecule has 0 saturated heterocycles. The van der Waals surface area contributed by atoms with E-state index in [9.17, 15) is 0 Å². The van der Waals surface area contributed by atoms with Crippen LogP contribution in [0.2, 0.25) is 0 Å². The number of nitrogens with one attached hydrogen (secondary N) is 1. The lowest BCUT2D eigenvalue weighted by atomic mass is 9.69. The molecule has 20 heavy (non-hydrogen) atoms. The van der Waals surface area contributed by atoms with Crippen molar-refractivity contribution in [1.29, 1.82) is 0 Å². The smallest absolute Gasteiger partial charge is 0.0465 e. The van der Waals surface area contributed by atoms with Crippen LogP contribution < -0.4 is 5.32 Å². The second kappa shape index (κ2) is 9.78. The van der Waals surface area contributed by atoms with Gasteiger partial charge in [-0.3, -0.25) is 0 Å². The Balaban J connectivity index is 2.43. The molecule has 0 aromatic carbocycles. The molecule has 0 aromatic heterocycles. The Hall–Kier alpha value is -0.0800. The minimum Gasteiger partial charge on any atom is -0.382 e. The summed E-state index contributed by atoms with van der Waals surface area (Å²) >= 11 is 0. The van der Waals surface area contributed by atoms with Crippen LogP contribution in [0, 0.1) is 23.7 Å². The maximum absolute atomic E-state index is 5.52. The lowest BCUT2D eigenvalue weighted by Crippen LogP contribution is -2.37. The van der Waals surface area contributed by atoms with E-state index in [1.807, 2.05) is 0 Å². The van der Waals surface area contributed by atoms with Gasteiger partial charge in [0.15, 0.2) is 0 Å². The summed E-state index contributed by atoms with van der Waals surface area (Å²) in [7, 11) is 0. The molecular weight excluding hydrogens is 246 g/mol. The van der Waals surface area contributed by atoms with Gasteiger partial charge in [0, 0.05) is 19.3 Å². The standard InChI is InChI=1S/C18H37NO/c1-6-20-11-7-8-17-12-16(14(2)3)9-10-18(17)13-19-15(4)5/h14-19H,6-13H2,1-5H3. The van der Waals surface area contributed by atoms with Gasteiger partial charge in [-0.15, -0.1) is 0 Å². The van der Waals surface area contributed by atoms with Crippen LogP contribution in [0.5, 0.6) is 0 Å². The van der Waals surface area contributed by atoms with Gasteiger partial charge in [0.2, 0.25) is 0 Å². The Labute approximate surface area is 127 Å². The Kier molecular flexibility index (Phi) is 8.79. The Morgan fingerprint density at radius 3 is 2.45 bits per heavy atom. The van der Waals surface area contributed by atoms with Crippen LogP contribution in [-0.4, -0.2) is 25.8 Å². The van der Waals surface area contributed by atoms with Crippen molar-refractivity contribution in [1.82, 2.24) is 5.32 Å². The molecular formula is C18H37NO. The minimum absolute atomic E-state index is 0.613. The summed E-state index contributed by atoms with van der Waals surface area (Å²) in [6, 6.07) is 0.613. The van der Waals surface area contributed by atoms with E-state index in [0.717, 1.165) is 36.9 Å². The first-order valence-electron chi connectivity index (χ1n) is 8.85. The van der Waals surface area contributed by atoms with Crippen molar-refractivity contribution in [2.75, 3.05) is 19.8 Å². The van der Waals surface area contributed by atoms with Crippen LogP contribution in [0.3, 0.4) is 0 Å². The topological polar surface area (TPSA) is 21.3 Å². The molecule has 1 rings (SSSR count). The molecule has 1 saturated carbocycles. The van der Waals surface area contributed by atoms with Crippen molar-refractivity contribution in [2.24, 2.45) is 23.7 Å². The predicted octanol–water partition coefficient (Wildman–Crippen LogP) is 4.49. The van der Waals surface area contributed by atoms with Crippen molar-refractivity contribution >= 4 is 0 Å². The average molecular weight is 284 g/mol. The molecule has 0 aromatic rings. The van der Waals surface area contributed by atoms with E-state index in [1.54, 1.807) is 0 Å². The first-order valence-corrected chi connectivity index (χ1v) is 8.85. The van der Waals surface area contributed by atoms with Crippen molar-refractivity contribution in [3.05, 3.63) is 0 Å². The molecule has 0 heterocycles. The SMILES string of the molecule is CCOCCCC1CC(C(C)C)CCC1CNC(C)C. The number of rotatable bonds is 9. The summed E-state index contributed by atoms with van der Waals surface area (Å²) in [6.45, 7) is 14.4. The van der Waals surface area contributed by atoms with E-state index in [2.05, 4.69) is 39.9 Å². The normalized spacial score (nSPS) is 27.4. The third-order valence-electron chi connectivity index (χ3n) is 4.98. The average Bonchev–Trinajstić information content (AvgIpc) is 2.41. The Morgan fingerprint density at radius 2 is 1.85 bits per heavy atom. The lowest BCUT2D eigenvalue weighted by molar-refractivity contribution is 0.107. The lowest BCUT2D eigenvalue weighted by Gasteiger charge is -2.38. The van der Waals surface area contributed by atoms with Crippen molar-refractivity contribution in [3.63, 3.8) is 0 Å². The molecule has 0 amide bonds. The molecule has 3 unspecified atom stereocenters. The summed E-state index contributed by atoms with van der Waals surface area (Å²) in [4.78, 5) is 0. The van der Waals surface area contributed by atoms with Gasteiger partial charge in [-0.25, -0.2) is 0 Å². The molecule has 1 fully saturated rings. The molecule has 0 radical (unpaired) electrons. The monoisotopic (exact) mass is 283 g/mol. The second-order valence-electron chi connectivity index (χ2n) is 7.24. The van der Waals surface area contributed by atoms with E-state index < -0.39 is 0 Å². The van der Waals surface area contributed by atoms with Crippen LogP contribution in [0.25, 0.3) is 0 Å². The second-order valence-corrected chi connectivity index (χ2v) is 7.24. The molecule has 1 aliphatic rings. The highest BCUT2D eigenvalue weighted by Crippen LogP contribution is 2.39. The van der Waals surface area contributed by atoms with Crippen LogP contribution in [0.15, 0.2) is 0 Å². The fourth-order valence-electron chi connectivity index (χ4n) is 3.57. The van der Waals surface area contributed by atoms with E-state index in [-0.39, 0.29) is 0 Å². The zero-order valence-electron chi connectivity index (χ0n) is 14.5. The van der Waals surface area contributed by atoms with E-state index in [4.69, 9.17) is 4.74 Å². The van der Waals surface area contributed by atoms with E-state index in [1.165, 1.54) is 38.6 Å². The highest BCUT2D eigenvalue weighted by molar-refractivity contribution is 4.83. The Bertz CT molecular complexity index is 240. The van der Waals surface area contributed by atoms with Crippen LogP contribution >= 0.6 is 0 Å². The molecule has 2 nitrogen and oxygen atoms in total. The molecule has 0 bridgehead atoms. The molecule has 0 spiro atoms. The van der Waals surface area contributed by atoms with Gasteiger partial charge < -0.3 is 10.1 Å². The summed E-state index contributed by atoms with van der Waals surface area (Å²) < 4.78 is 5.52. The summed E-state index contributed by atoms with van der Waals surface area (Å²) in [5.41, 5.74) is 0. The third-order valence-corrected chi connectivity index (χ3v) is 4.98. The third kappa shape index (κ3) is 6.58. The van der Waals surface area contributed by atoms with Gasteiger partial charge in [-0.1, -0.05) is 27.7 Å². The maximum Gasteiger partial charge on any atom is 0.0465 e. The zero-order valence-corrected chi connectivity index (χ0v) is 14.5. The summed E-state index contributed by atoms with van der Waals surface area (Å²) in [5.74, 6) is 3.59. The first-order chi connectivity index (χ1) is 9.54. The summed E-state index contributed by atoms with van der Waals surface area (Å²) in [6.07, 6.45) is 6.88. The predicted molar refractivity (Wildman–Crippen MR) is 88.0 cm³/mol. The molecule has 120 valence electrons. The maximum atomic E-state index is 5.52. The van der Waals surface area contributed by atoms with Crippen molar-refractivity contribution < 1.29 is 4.74 Å². The highest BCUT2D eigenvalue weighted by Gasteiger charge is 2.31. The van der Waals surface area contributed by atoms with Gasteiger partial charge in [0.05, 0.1) is 0 Å². The molecule has 2 heteroatoms. The fourth-order valence-corrected chi connectivity index (χ4v) is 3.57. The zero-order chi connectivity index (χ0) is 15.0. The van der Waals surface area contributed by atoms with Gasteiger partial charge in [0.1, 0.15) is 0 Å². The Morgan fingerprint density at radius 1 is 1.10 bits per heavy atom. The fraction of sp³-hybridized carbons (Fsp3) is 1.00. The van der Waals surface area contributed by atoms with Gasteiger partial charge in [-0.05, 0) is 69.2 Å². The minimum atomic E-state index is 0.613. The molecule has 0 aliphatic heterocycles. The van der Waals surface area contributed by atoms with E-state index in [0.29, 0.717) is 6.04 Å². The van der Waals surface area contributed by atoms with Crippen molar-refractivity contribution in [3.8, 4) is 0 Å². The molecule has 1 N–H and O–H groups in total. The van der Waals surface area contributed by atoms with Crippen LogP contribution in [0.1, 0.15) is 66.7 Å². The molecule has 3 atom stereocenters. The number of hydrogen-bond donors (Lipinski definition) is 1. The van der Waals surface area contributed by atoms with Crippen molar-refractivity contribution in [2.45, 2.75) is 72.8 Å². The van der Waals surface area contributed by atoms with Crippen LogP contribution in [-0.2, 0) is 4.74 Å². The largest absolute Gasteiger partial charge is 0.382 e. The quantitative estimate of drug-likeness (QED) is 0.630. The van der Waals surface area contributed by atoms with Gasteiger partial charge >= 0.3 is 0 Å². The van der Waals surface area contributed by atoms with Crippen LogP contribution in [0.4, 0.5) is 0 Å². The number of hydrogen-bond acceptors (Lipinski definition) is 2. The highest BCUT2D eigenvalue weighted by atomic mass is 16.5.